The molecular formula is C23H22N6O3. The standard InChI is InChI=1S/C23H22N6O3/c1-3-31-19-8-4-17(5-9-19)24-23(30)25-18-6-10-20(11-7-18)32-22-13-12-21(26-27-22)29-15-14-16(2)28-29/h4-15H,3H2,1-2H3,(H2,24,25,30). The molecule has 2 heterocycles. The number of carbonyl (C=O) groups excluding carboxylic acids is 1. The molecule has 0 saturated heterocycles. The van der Waals surface area contributed by atoms with Crippen LogP contribution < -0.4 is 20.1 Å². The summed E-state index contributed by atoms with van der Waals surface area (Å²) in [6.45, 7) is 4.42. The van der Waals surface area contributed by atoms with Crippen molar-refractivity contribution in [3.63, 3.8) is 0 Å². The molecule has 0 aliphatic rings. The molecule has 162 valence electrons. The highest BCUT2D eigenvalue weighted by atomic mass is 16.5. The fourth-order valence-corrected chi connectivity index (χ4v) is 2.85. The van der Waals surface area contributed by atoms with Crippen molar-refractivity contribution in [1.82, 2.24) is 20.0 Å². The molecule has 0 fully saturated rings. The van der Waals surface area contributed by atoms with E-state index in [-0.39, 0.29) is 6.03 Å². The number of hydrogen-bond acceptors (Lipinski definition) is 6. The van der Waals surface area contributed by atoms with Crippen LogP contribution in [0.5, 0.6) is 17.4 Å². The van der Waals surface area contributed by atoms with Crippen LogP contribution in [0.4, 0.5) is 16.2 Å². The SMILES string of the molecule is CCOc1ccc(NC(=O)Nc2ccc(Oc3ccc(-n4ccc(C)n4)nn3)cc2)cc1. The van der Waals surface area contributed by atoms with Crippen molar-refractivity contribution < 1.29 is 14.3 Å². The summed E-state index contributed by atoms with van der Waals surface area (Å²) in [7, 11) is 0. The number of amides is 2. The molecule has 0 spiro atoms. The molecule has 4 rings (SSSR count). The lowest BCUT2D eigenvalue weighted by atomic mass is 10.3. The maximum Gasteiger partial charge on any atom is 0.323 e. The first-order chi connectivity index (χ1) is 15.6. The summed E-state index contributed by atoms with van der Waals surface area (Å²) >= 11 is 0. The Hall–Kier alpha value is -4.40. The molecule has 0 atom stereocenters. The van der Waals surface area contributed by atoms with Crippen LogP contribution in [0.2, 0.25) is 0 Å². The molecule has 2 N–H and O–H groups in total. The van der Waals surface area contributed by atoms with Gasteiger partial charge in [0.05, 0.1) is 12.3 Å². The minimum Gasteiger partial charge on any atom is -0.494 e. The quantitative estimate of drug-likeness (QED) is 0.436. The lowest BCUT2D eigenvalue weighted by Crippen LogP contribution is -2.19. The maximum absolute atomic E-state index is 12.2. The number of aromatic nitrogens is 4. The number of hydrogen-bond donors (Lipinski definition) is 2. The molecule has 0 saturated carbocycles. The minimum absolute atomic E-state index is 0.349. The second-order valence-corrected chi connectivity index (χ2v) is 6.79. The van der Waals surface area contributed by atoms with Gasteiger partial charge in [-0.15, -0.1) is 10.2 Å². The van der Waals surface area contributed by atoms with E-state index in [0.717, 1.165) is 11.4 Å². The molecule has 0 radical (unpaired) electrons. The second kappa shape index (κ2) is 9.61. The summed E-state index contributed by atoms with van der Waals surface area (Å²) < 4.78 is 12.8. The van der Waals surface area contributed by atoms with Crippen LogP contribution in [0.25, 0.3) is 5.82 Å². The summed E-state index contributed by atoms with van der Waals surface area (Å²) in [5, 5.41) is 18.0. The fourth-order valence-electron chi connectivity index (χ4n) is 2.85. The van der Waals surface area contributed by atoms with E-state index in [0.29, 0.717) is 35.4 Å². The van der Waals surface area contributed by atoms with E-state index in [1.54, 1.807) is 65.3 Å². The van der Waals surface area contributed by atoms with Crippen molar-refractivity contribution in [3.05, 3.63) is 78.6 Å². The van der Waals surface area contributed by atoms with E-state index in [4.69, 9.17) is 9.47 Å². The molecule has 4 aromatic rings. The molecule has 2 aromatic carbocycles. The van der Waals surface area contributed by atoms with Crippen LogP contribution in [-0.2, 0) is 0 Å². The summed E-state index contributed by atoms with van der Waals surface area (Å²) in [4.78, 5) is 12.2. The van der Waals surface area contributed by atoms with Crippen LogP contribution >= 0.6 is 0 Å². The molecule has 0 bridgehead atoms. The molecule has 0 aliphatic heterocycles. The monoisotopic (exact) mass is 430 g/mol. The van der Waals surface area contributed by atoms with E-state index in [2.05, 4.69) is 25.9 Å². The van der Waals surface area contributed by atoms with E-state index in [1.807, 2.05) is 26.1 Å². The predicted octanol–water partition coefficient (Wildman–Crippen LogP) is 4.81. The number of anilines is 2. The summed E-state index contributed by atoms with van der Waals surface area (Å²) in [6.07, 6.45) is 1.82. The van der Waals surface area contributed by atoms with E-state index < -0.39 is 0 Å². The molecule has 9 heteroatoms. The zero-order valence-electron chi connectivity index (χ0n) is 17.6. The van der Waals surface area contributed by atoms with Crippen molar-refractivity contribution in [2.75, 3.05) is 17.2 Å². The van der Waals surface area contributed by atoms with E-state index >= 15 is 0 Å². The van der Waals surface area contributed by atoms with Gasteiger partial charge in [-0.3, -0.25) is 0 Å². The van der Waals surface area contributed by atoms with Gasteiger partial charge >= 0.3 is 6.03 Å². The van der Waals surface area contributed by atoms with Crippen LogP contribution in [0.15, 0.2) is 72.9 Å². The van der Waals surface area contributed by atoms with Gasteiger partial charge in [0.25, 0.3) is 0 Å². The number of urea groups is 1. The van der Waals surface area contributed by atoms with Crippen LogP contribution in [-0.4, -0.2) is 32.6 Å². The Kier molecular flexibility index (Phi) is 6.26. The zero-order valence-corrected chi connectivity index (χ0v) is 17.6. The highest BCUT2D eigenvalue weighted by Gasteiger charge is 2.06. The number of rotatable bonds is 7. The Morgan fingerprint density at radius 1 is 0.875 bits per heavy atom. The number of nitrogens with one attached hydrogen (secondary N) is 2. The second-order valence-electron chi connectivity index (χ2n) is 6.79. The Morgan fingerprint density at radius 2 is 1.53 bits per heavy atom. The van der Waals surface area contributed by atoms with Crippen molar-refractivity contribution in [2.24, 2.45) is 0 Å². The molecule has 2 amide bonds. The third-order valence-electron chi connectivity index (χ3n) is 4.34. The fraction of sp³-hybridized carbons (Fsp3) is 0.130. The average Bonchev–Trinajstić information content (AvgIpc) is 3.23. The first-order valence-electron chi connectivity index (χ1n) is 10.0. The number of nitrogens with zero attached hydrogens (tertiary/aromatic N) is 4. The van der Waals surface area contributed by atoms with Gasteiger partial charge in [-0.1, -0.05) is 0 Å². The summed E-state index contributed by atoms with van der Waals surface area (Å²) in [5.74, 6) is 2.28. The molecule has 9 nitrogen and oxygen atoms in total. The predicted molar refractivity (Wildman–Crippen MR) is 121 cm³/mol. The Labute approximate surface area is 185 Å². The molecule has 0 unspecified atom stereocenters. The van der Waals surface area contributed by atoms with Gasteiger partial charge in [-0.2, -0.15) is 5.10 Å². The zero-order chi connectivity index (χ0) is 22.3. The largest absolute Gasteiger partial charge is 0.494 e. The molecule has 32 heavy (non-hydrogen) atoms. The van der Waals surface area contributed by atoms with Gasteiger partial charge in [0.1, 0.15) is 11.5 Å². The Morgan fingerprint density at radius 3 is 2.06 bits per heavy atom. The molecular weight excluding hydrogens is 408 g/mol. The average molecular weight is 430 g/mol. The number of ether oxygens (including phenoxy) is 2. The van der Waals surface area contributed by atoms with Crippen LogP contribution in [0, 0.1) is 6.92 Å². The summed E-state index contributed by atoms with van der Waals surface area (Å²) in [6, 6.07) is 19.1. The van der Waals surface area contributed by atoms with Gasteiger partial charge in [0.2, 0.25) is 5.88 Å². The first-order valence-corrected chi connectivity index (χ1v) is 10.0. The third kappa shape index (κ3) is 5.39. The van der Waals surface area contributed by atoms with Crippen molar-refractivity contribution in [1.29, 1.82) is 0 Å². The van der Waals surface area contributed by atoms with Gasteiger partial charge in [0.15, 0.2) is 5.82 Å². The third-order valence-corrected chi connectivity index (χ3v) is 4.34. The number of aryl methyl sites for hydroxylation is 1. The lowest BCUT2D eigenvalue weighted by Gasteiger charge is -2.10. The molecule has 0 aliphatic carbocycles. The smallest absolute Gasteiger partial charge is 0.323 e. The van der Waals surface area contributed by atoms with Gasteiger partial charge in [-0.25, -0.2) is 9.48 Å². The van der Waals surface area contributed by atoms with Crippen LogP contribution in [0.3, 0.4) is 0 Å². The van der Waals surface area contributed by atoms with E-state index in [9.17, 15) is 4.79 Å². The minimum atomic E-state index is -0.349. The number of benzene rings is 2. The van der Waals surface area contributed by atoms with Gasteiger partial charge in [-0.05, 0) is 74.5 Å². The highest BCUT2D eigenvalue weighted by molar-refractivity contribution is 5.99. The van der Waals surface area contributed by atoms with E-state index in [1.165, 1.54) is 0 Å². The first kappa shape index (κ1) is 20.9. The van der Waals surface area contributed by atoms with Crippen LogP contribution in [0.1, 0.15) is 12.6 Å². The van der Waals surface area contributed by atoms with Crippen molar-refractivity contribution in [3.8, 4) is 23.2 Å². The lowest BCUT2D eigenvalue weighted by molar-refractivity contribution is 0.262. The Balaban J connectivity index is 1.31. The Bertz CT molecular complexity index is 1170. The van der Waals surface area contributed by atoms with Crippen molar-refractivity contribution >= 4 is 17.4 Å². The summed E-state index contributed by atoms with van der Waals surface area (Å²) in [5.41, 5.74) is 2.18. The topological polar surface area (TPSA) is 103 Å². The van der Waals surface area contributed by atoms with Gasteiger partial charge < -0.3 is 20.1 Å². The maximum atomic E-state index is 12.2. The van der Waals surface area contributed by atoms with Gasteiger partial charge in [0, 0.05) is 23.6 Å². The highest BCUT2D eigenvalue weighted by Crippen LogP contribution is 2.22. The number of carbonyl (C=O) groups is 1. The normalized spacial score (nSPS) is 10.4. The molecule has 2 aromatic heterocycles. The van der Waals surface area contributed by atoms with Crippen molar-refractivity contribution in [2.45, 2.75) is 13.8 Å².